The van der Waals surface area contributed by atoms with Crippen LogP contribution in [-0.2, 0) is 28.0 Å². The van der Waals surface area contributed by atoms with Crippen molar-refractivity contribution in [3.63, 3.8) is 0 Å². The molecule has 0 heterocycles. The third-order valence-electron chi connectivity index (χ3n) is 2.12. The van der Waals surface area contributed by atoms with Crippen molar-refractivity contribution >= 4 is 36.9 Å². The van der Waals surface area contributed by atoms with E-state index in [-0.39, 0.29) is 9.79 Å². The maximum atomic E-state index is 12.1. The highest BCUT2D eigenvalue weighted by Gasteiger charge is 2.28. The summed E-state index contributed by atoms with van der Waals surface area (Å²) < 4.78 is 58.6. The summed E-state index contributed by atoms with van der Waals surface area (Å²) in [6, 6.07) is 4.87. The molecule has 0 N–H and O–H groups in total. The molecule has 1 rings (SSSR count). The van der Waals surface area contributed by atoms with E-state index < -0.39 is 36.9 Å². The van der Waals surface area contributed by atoms with Gasteiger partial charge in [0.2, 0.25) is 16.6 Å². The van der Waals surface area contributed by atoms with Gasteiger partial charge in [0, 0.05) is 0 Å². The maximum Gasteiger partial charge on any atom is 0.287 e. The van der Waals surface area contributed by atoms with Gasteiger partial charge in [-0.2, -0.15) is 16.8 Å². The highest BCUT2D eigenvalue weighted by Crippen LogP contribution is 2.22. The first-order valence-electron chi connectivity index (χ1n) is 6.64. The van der Waals surface area contributed by atoms with E-state index in [1.807, 2.05) is 0 Å². The molecule has 0 amide bonds. The minimum atomic E-state index is -3.88. The Kier molecular flexibility index (Phi) is 5.47. The van der Waals surface area contributed by atoms with Crippen LogP contribution in [0.1, 0.15) is 0 Å². The van der Waals surface area contributed by atoms with E-state index in [1.54, 1.807) is 39.3 Å². The number of hydrogen-bond donors (Lipinski definition) is 0. The molecule has 0 aromatic heterocycles. The third kappa shape index (κ3) is 5.93. The summed E-state index contributed by atoms with van der Waals surface area (Å²) in [7, 11) is -12.3. The molecule has 0 unspecified atom stereocenters. The summed E-state index contributed by atoms with van der Waals surface area (Å²) in [6.07, 6.45) is 0. The van der Waals surface area contributed by atoms with Crippen molar-refractivity contribution in [1.82, 2.24) is 0 Å². The van der Waals surface area contributed by atoms with Crippen molar-refractivity contribution in [3.05, 3.63) is 24.3 Å². The van der Waals surface area contributed by atoms with Gasteiger partial charge < -0.3 is 7.74 Å². The molecular weight excluding hydrogens is 360 g/mol. The summed E-state index contributed by atoms with van der Waals surface area (Å²) in [5, 5.41) is 0. The fourth-order valence-corrected chi connectivity index (χ4v) is 8.50. The smallest absolute Gasteiger partial charge is 0.287 e. The van der Waals surface area contributed by atoms with Gasteiger partial charge >= 0.3 is 0 Å². The van der Waals surface area contributed by atoms with Crippen molar-refractivity contribution in [2.45, 2.75) is 49.1 Å². The van der Waals surface area contributed by atoms with E-state index in [1.165, 1.54) is 24.3 Å². The summed E-state index contributed by atoms with van der Waals surface area (Å²) in [5.74, 6) is 0. The second-order valence-electron chi connectivity index (χ2n) is 6.77. The molecule has 0 saturated heterocycles. The summed E-state index contributed by atoms with van der Waals surface area (Å²) >= 11 is 0. The van der Waals surface area contributed by atoms with Crippen LogP contribution in [0.5, 0.6) is 0 Å². The minimum Gasteiger partial charge on any atom is -0.312 e. The van der Waals surface area contributed by atoms with Crippen molar-refractivity contribution < 1.29 is 24.6 Å². The van der Waals surface area contributed by atoms with Gasteiger partial charge in [0.05, 0.1) is 9.79 Å². The molecule has 126 valence electrons. The van der Waals surface area contributed by atoms with E-state index in [2.05, 4.69) is 0 Å². The van der Waals surface area contributed by atoms with E-state index in [9.17, 15) is 16.8 Å². The van der Waals surface area contributed by atoms with Crippen LogP contribution < -0.4 is 0 Å². The second-order valence-corrected chi connectivity index (χ2v) is 19.3. The largest absolute Gasteiger partial charge is 0.312 e. The van der Waals surface area contributed by atoms with E-state index in [0.717, 1.165) is 0 Å². The first-order valence-corrected chi connectivity index (χ1v) is 16.3. The van der Waals surface area contributed by atoms with Gasteiger partial charge in [0.15, 0.2) is 0 Å². The van der Waals surface area contributed by atoms with Crippen LogP contribution in [0.4, 0.5) is 0 Å². The van der Waals surface area contributed by atoms with Gasteiger partial charge in [-0.1, -0.05) is 0 Å². The van der Waals surface area contributed by atoms with Gasteiger partial charge in [-0.15, -0.1) is 0 Å². The lowest BCUT2D eigenvalue weighted by Gasteiger charge is -2.18. The van der Waals surface area contributed by atoms with Gasteiger partial charge in [0.1, 0.15) is 0 Å². The van der Waals surface area contributed by atoms with Crippen LogP contribution in [0, 0.1) is 0 Å². The molecule has 0 aliphatic carbocycles. The zero-order chi connectivity index (χ0) is 17.4. The van der Waals surface area contributed by atoms with Gasteiger partial charge in [-0.25, -0.2) is 0 Å². The predicted octanol–water partition coefficient (Wildman–Crippen LogP) is 2.77. The normalized spacial score (nSPS) is 14.1. The summed E-state index contributed by atoms with van der Waals surface area (Å²) in [4.78, 5) is -0.135. The third-order valence-corrected chi connectivity index (χ3v) is 9.57. The lowest BCUT2D eigenvalue weighted by atomic mass is 10.4. The Morgan fingerprint density at radius 3 is 1.05 bits per heavy atom. The Hall–Kier alpha value is -0.526. The number of benzene rings is 1. The number of rotatable bonds is 6. The quantitative estimate of drug-likeness (QED) is 0.703. The fraction of sp³-hybridized carbons (Fsp3) is 0.500. The lowest BCUT2D eigenvalue weighted by Crippen LogP contribution is -2.30. The molecule has 0 bridgehead atoms. The predicted molar refractivity (Wildman–Crippen MR) is 89.7 cm³/mol. The Balaban J connectivity index is 3.11. The lowest BCUT2D eigenvalue weighted by molar-refractivity contribution is 0.481. The monoisotopic (exact) mass is 382 g/mol. The molecule has 10 heteroatoms. The molecular formula is C12H22O6S2Si2. The highest BCUT2D eigenvalue weighted by atomic mass is 32.2. The van der Waals surface area contributed by atoms with Crippen LogP contribution in [0.3, 0.4) is 0 Å². The van der Waals surface area contributed by atoms with Gasteiger partial charge in [-0.3, -0.25) is 0 Å². The molecule has 0 saturated carbocycles. The van der Waals surface area contributed by atoms with Crippen LogP contribution in [0.15, 0.2) is 34.1 Å². The van der Waals surface area contributed by atoms with Crippen LogP contribution in [-0.4, -0.2) is 33.5 Å². The SMILES string of the molecule is C[Si](C)(C)OS(=O)(=O)c1ccc(S(=O)(=O)O[Si](C)(C)C)cc1. The van der Waals surface area contributed by atoms with Crippen LogP contribution in [0.2, 0.25) is 39.3 Å². The zero-order valence-electron chi connectivity index (χ0n) is 13.6. The molecule has 6 nitrogen and oxygen atoms in total. The molecule has 0 atom stereocenters. The average Bonchev–Trinajstić information content (AvgIpc) is 2.22. The number of hydrogen-bond acceptors (Lipinski definition) is 6. The molecule has 0 aliphatic heterocycles. The molecule has 1 aromatic rings. The molecule has 22 heavy (non-hydrogen) atoms. The standard InChI is InChI=1S/C12H22O6S2Si2/c1-21(2,3)17-19(13,14)11-7-9-12(10-8-11)20(15,16)18-22(4,5)6/h7-10H,1-6H3. The topological polar surface area (TPSA) is 86.7 Å². The Bertz CT molecular complexity index is 660. The summed E-state index contributed by atoms with van der Waals surface area (Å²) in [6.45, 7) is 10.5. The second kappa shape index (κ2) is 6.17. The summed E-state index contributed by atoms with van der Waals surface area (Å²) in [5.41, 5.74) is 0. The van der Waals surface area contributed by atoms with Crippen molar-refractivity contribution in [3.8, 4) is 0 Å². The Morgan fingerprint density at radius 2 is 0.864 bits per heavy atom. The first-order chi connectivity index (χ1) is 9.62. The molecule has 0 spiro atoms. The maximum absolute atomic E-state index is 12.1. The Labute approximate surface area is 135 Å². The van der Waals surface area contributed by atoms with E-state index in [0.29, 0.717) is 0 Å². The highest BCUT2D eigenvalue weighted by molar-refractivity contribution is 7.88. The Morgan fingerprint density at radius 1 is 0.636 bits per heavy atom. The fourth-order valence-electron chi connectivity index (χ4n) is 1.53. The van der Waals surface area contributed by atoms with Crippen LogP contribution in [0.25, 0.3) is 0 Å². The zero-order valence-corrected chi connectivity index (χ0v) is 17.2. The van der Waals surface area contributed by atoms with Crippen LogP contribution >= 0.6 is 0 Å². The molecule has 0 fully saturated rings. The van der Waals surface area contributed by atoms with Crippen molar-refractivity contribution in [2.75, 3.05) is 0 Å². The molecule has 0 aliphatic rings. The molecule has 1 aromatic carbocycles. The van der Waals surface area contributed by atoms with E-state index >= 15 is 0 Å². The molecule has 0 radical (unpaired) electrons. The van der Waals surface area contributed by atoms with Gasteiger partial charge in [-0.05, 0) is 63.5 Å². The van der Waals surface area contributed by atoms with Crippen molar-refractivity contribution in [2.24, 2.45) is 0 Å². The minimum absolute atomic E-state index is 0.0677. The first kappa shape index (κ1) is 19.5. The van der Waals surface area contributed by atoms with Crippen molar-refractivity contribution in [1.29, 1.82) is 0 Å². The van der Waals surface area contributed by atoms with E-state index in [4.69, 9.17) is 7.74 Å². The van der Waals surface area contributed by atoms with Gasteiger partial charge in [0.25, 0.3) is 20.2 Å². The average molecular weight is 383 g/mol.